The van der Waals surface area contributed by atoms with Crippen molar-refractivity contribution >= 4 is 5.95 Å². The summed E-state index contributed by atoms with van der Waals surface area (Å²) in [5.41, 5.74) is 0. The van der Waals surface area contributed by atoms with Crippen molar-refractivity contribution in [3.63, 3.8) is 0 Å². The van der Waals surface area contributed by atoms with Crippen LogP contribution in [-0.4, -0.2) is 30.2 Å². The summed E-state index contributed by atoms with van der Waals surface area (Å²) in [6.07, 6.45) is 1.58. The molecule has 1 aromatic heterocycles. The van der Waals surface area contributed by atoms with E-state index in [0.717, 1.165) is 0 Å². The minimum atomic E-state index is 0.285. The van der Waals surface area contributed by atoms with E-state index in [1.807, 2.05) is 13.8 Å². The summed E-state index contributed by atoms with van der Waals surface area (Å²) in [5, 5.41) is 3.07. The van der Waals surface area contributed by atoms with E-state index in [-0.39, 0.29) is 6.04 Å². The zero-order valence-electron chi connectivity index (χ0n) is 8.87. The van der Waals surface area contributed by atoms with Crippen molar-refractivity contribution in [3.05, 3.63) is 6.20 Å². The number of aromatic nitrogens is 2. The van der Waals surface area contributed by atoms with Crippen molar-refractivity contribution in [1.29, 1.82) is 0 Å². The maximum atomic E-state index is 5.04. The van der Waals surface area contributed by atoms with Gasteiger partial charge in [0.25, 0.3) is 5.88 Å². The predicted molar refractivity (Wildman–Crippen MR) is 53.9 cm³/mol. The van der Waals surface area contributed by atoms with Crippen LogP contribution in [0.15, 0.2) is 6.20 Å². The molecule has 0 fully saturated rings. The Labute approximate surface area is 83.5 Å². The quantitative estimate of drug-likeness (QED) is 0.788. The first-order valence-electron chi connectivity index (χ1n) is 4.39. The van der Waals surface area contributed by atoms with E-state index in [0.29, 0.717) is 17.6 Å². The molecule has 0 saturated carbocycles. The fourth-order valence-electron chi connectivity index (χ4n) is 0.969. The lowest BCUT2D eigenvalue weighted by Crippen LogP contribution is -2.12. The van der Waals surface area contributed by atoms with Gasteiger partial charge in [0.1, 0.15) is 0 Å². The first-order valence-corrected chi connectivity index (χ1v) is 4.39. The van der Waals surface area contributed by atoms with Crippen LogP contribution in [0.1, 0.15) is 13.8 Å². The molecule has 0 bridgehead atoms. The van der Waals surface area contributed by atoms with E-state index in [1.54, 1.807) is 20.4 Å². The van der Waals surface area contributed by atoms with Gasteiger partial charge in [-0.15, -0.1) is 0 Å². The van der Waals surface area contributed by atoms with Gasteiger partial charge in [-0.1, -0.05) is 0 Å². The average molecular weight is 197 g/mol. The second kappa shape index (κ2) is 4.64. The molecule has 78 valence electrons. The normalized spacial score (nSPS) is 10.1. The van der Waals surface area contributed by atoms with Crippen molar-refractivity contribution in [2.45, 2.75) is 19.9 Å². The van der Waals surface area contributed by atoms with Crippen LogP contribution in [0.2, 0.25) is 0 Å². The second-order valence-electron chi connectivity index (χ2n) is 3.07. The van der Waals surface area contributed by atoms with Crippen LogP contribution < -0.4 is 14.8 Å². The number of nitrogens with zero attached hydrogens (tertiary/aromatic N) is 2. The maximum absolute atomic E-state index is 5.04. The smallest absolute Gasteiger partial charge is 0.261 e. The van der Waals surface area contributed by atoms with Gasteiger partial charge >= 0.3 is 0 Å². The molecule has 0 aliphatic carbocycles. The Kier molecular flexibility index (Phi) is 3.50. The first kappa shape index (κ1) is 10.6. The van der Waals surface area contributed by atoms with Crippen LogP contribution in [0.4, 0.5) is 5.95 Å². The zero-order valence-corrected chi connectivity index (χ0v) is 8.87. The van der Waals surface area contributed by atoms with Crippen molar-refractivity contribution in [2.75, 3.05) is 19.5 Å². The summed E-state index contributed by atoms with van der Waals surface area (Å²) >= 11 is 0. The zero-order chi connectivity index (χ0) is 10.6. The standard InChI is InChI=1S/C9H15N3O2/c1-6(2)11-9-10-5-7(13-3)8(12-9)14-4/h5-6H,1-4H3,(H,10,11,12). The van der Waals surface area contributed by atoms with Gasteiger partial charge < -0.3 is 14.8 Å². The van der Waals surface area contributed by atoms with Crippen molar-refractivity contribution in [2.24, 2.45) is 0 Å². The summed E-state index contributed by atoms with van der Waals surface area (Å²) in [6.45, 7) is 4.03. The van der Waals surface area contributed by atoms with Gasteiger partial charge in [-0.2, -0.15) is 4.98 Å². The van der Waals surface area contributed by atoms with Gasteiger partial charge in [-0.05, 0) is 13.8 Å². The molecule has 0 saturated heterocycles. The van der Waals surface area contributed by atoms with Crippen LogP contribution in [0.3, 0.4) is 0 Å². The Morgan fingerprint density at radius 1 is 1.29 bits per heavy atom. The Morgan fingerprint density at radius 3 is 2.50 bits per heavy atom. The van der Waals surface area contributed by atoms with Crippen LogP contribution in [0.5, 0.6) is 11.6 Å². The summed E-state index contributed by atoms with van der Waals surface area (Å²) < 4.78 is 10.1. The van der Waals surface area contributed by atoms with E-state index in [9.17, 15) is 0 Å². The fraction of sp³-hybridized carbons (Fsp3) is 0.556. The Bertz CT molecular complexity index is 302. The minimum absolute atomic E-state index is 0.285. The van der Waals surface area contributed by atoms with Crippen LogP contribution in [-0.2, 0) is 0 Å². The predicted octanol–water partition coefficient (Wildman–Crippen LogP) is 1.31. The number of nitrogens with one attached hydrogen (secondary N) is 1. The van der Waals surface area contributed by atoms with E-state index < -0.39 is 0 Å². The third-order valence-corrected chi connectivity index (χ3v) is 1.55. The highest BCUT2D eigenvalue weighted by Crippen LogP contribution is 2.23. The van der Waals surface area contributed by atoms with E-state index in [4.69, 9.17) is 9.47 Å². The van der Waals surface area contributed by atoms with Crippen LogP contribution in [0.25, 0.3) is 0 Å². The van der Waals surface area contributed by atoms with Crippen molar-refractivity contribution in [3.8, 4) is 11.6 Å². The van der Waals surface area contributed by atoms with E-state index in [2.05, 4.69) is 15.3 Å². The van der Waals surface area contributed by atoms with Crippen LogP contribution in [0, 0.1) is 0 Å². The number of rotatable bonds is 4. The van der Waals surface area contributed by atoms with Gasteiger partial charge in [0.05, 0.1) is 20.4 Å². The van der Waals surface area contributed by atoms with Gasteiger partial charge in [0.15, 0.2) is 5.75 Å². The Hall–Kier alpha value is -1.52. The molecule has 0 spiro atoms. The first-order chi connectivity index (χ1) is 6.67. The van der Waals surface area contributed by atoms with Crippen molar-refractivity contribution < 1.29 is 9.47 Å². The number of anilines is 1. The van der Waals surface area contributed by atoms with Crippen LogP contribution >= 0.6 is 0 Å². The minimum Gasteiger partial charge on any atom is -0.490 e. The highest BCUT2D eigenvalue weighted by Gasteiger charge is 2.07. The monoisotopic (exact) mass is 197 g/mol. The van der Waals surface area contributed by atoms with E-state index in [1.165, 1.54) is 0 Å². The molecule has 0 unspecified atom stereocenters. The Balaban J connectivity index is 2.89. The largest absolute Gasteiger partial charge is 0.490 e. The molecule has 14 heavy (non-hydrogen) atoms. The summed E-state index contributed by atoms with van der Waals surface area (Å²) in [6, 6.07) is 0.285. The number of hydrogen-bond donors (Lipinski definition) is 1. The molecular weight excluding hydrogens is 182 g/mol. The summed E-state index contributed by atoms with van der Waals surface area (Å²) in [7, 11) is 3.10. The lowest BCUT2D eigenvalue weighted by Gasteiger charge is -2.10. The lowest BCUT2D eigenvalue weighted by atomic mass is 10.4. The molecule has 0 aliphatic heterocycles. The molecule has 1 aromatic rings. The SMILES string of the molecule is COc1cnc(NC(C)C)nc1OC. The number of hydrogen-bond acceptors (Lipinski definition) is 5. The lowest BCUT2D eigenvalue weighted by molar-refractivity contribution is 0.341. The molecule has 1 heterocycles. The second-order valence-corrected chi connectivity index (χ2v) is 3.07. The number of methoxy groups -OCH3 is 2. The third kappa shape index (κ3) is 2.48. The molecule has 0 aliphatic rings. The number of ether oxygens (including phenoxy) is 2. The van der Waals surface area contributed by atoms with Gasteiger partial charge in [0, 0.05) is 6.04 Å². The average Bonchev–Trinajstić information content (AvgIpc) is 2.16. The Morgan fingerprint density at radius 2 is 2.00 bits per heavy atom. The van der Waals surface area contributed by atoms with Gasteiger partial charge in [-0.25, -0.2) is 4.98 Å². The molecular formula is C9H15N3O2. The highest BCUT2D eigenvalue weighted by atomic mass is 16.5. The molecule has 5 nitrogen and oxygen atoms in total. The third-order valence-electron chi connectivity index (χ3n) is 1.55. The van der Waals surface area contributed by atoms with Gasteiger partial charge in [-0.3, -0.25) is 0 Å². The van der Waals surface area contributed by atoms with E-state index >= 15 is 0 Å². The molecule has 0 amide bonds. The van der Waals surface area contributed by atoms with Crippen molar-refractivity contribution in [1.82, 2.24) is 9.97 Å². The highest BCUT2D eigenvalue weighted by molar-refractivity contribution is 5.38. The fourth-order valence-corrected chi connectivity index (χ4v) is 0.969. The molecule has 0 radical (unpaired) electrons. The summed E-state index contributed by atoms with van der Waals surface area (Å²) in [4.78, 5) is 8.20. The topological polar surface area (TPSA) is 56.3 Å². The molecule has 5 heteroatoms. The summed E-state index contributed by atoms with van der Waals surface area (Å²) in [5.74, 6) is 1.50. The molecule has 1 N–H and O–H groups in total. The molecule has 0 atom stereocenters. The molecule has 1 rings (SSSR count). The molecule has 0 aromatic carbocycles. The van der Waals surface area contributed by atoms with Gasteiger partial charge in [0.2, 0.25) is 5.95 Å². The maximum Gasteiger partial charge on any atom is 0.261 e.